The first-order valence-corrected chi connectivity index (χ1v) is 10.6. The van der Waals surface area contributed by atoms with Gasteiger partial charge in [-0.3, -0.25) is 14.5 Å². The molecule has 2 fully saturated rings. The number of likely N-dealkylation sites (tertiary alicyclic amines) is 1. The number of carboxylic acids is 1. The van der Waals surface area contributed by atoms with E-state index < -0.39 is 23.6 Å². The minimum Gasteiger partial charge on any atom is -0.497 e. The van der Waals surface area contributed by atoms with Crippen molar-refractivity contribution in [2.45, 2.75) is 24.6 Å². The first-order valence-electron chi connectivity index (χ1n) is 10.2. The standard InChI is InChI=1S/C23H23ClN2O6/c1-31-18-7-3-5-16(13-18)21(28)26-19(22(29)30)14-32-23(26)8-10-25(11-9-23)20(27)15-4-2-6-17(24)12-15/h2-7,12-13,19H,8-11,14H2,1H3,(H,29,30). The summed E-state index contributed by atoms with van der Waals surface area (Å²) in [5, 5.41) is 10.2. The van der Waals surface area contributed by atoms with E-state index in [9.17, 15) is 19.5 Å². The molecule has 2 aliphatic rings. The van der Waals surface area contributed by atoms with Gasteiger partial charge in [-0.05, 0) is 36.4 Å². The van der Waals surface area contributed by atoms with Gasteiger partial charge in [-0.2, -0.15) is 0 Å². The number of carboxylic acid groups (broad SMARTS) is 1. The van der Waals surface area contributed by atoms with Crippen molar-refractivity contribution < 1.29 is 29.0 Å². The maximum Gasteiger partial charge on any atom is 0.328 e. The second-order valence-electron chi connectivity index (χ2n) is 7.82. The second-order valence-corrected chi connectivity index (χ2v) is 8.26. The summed E-state index contributed by atoms with van der Waals surface area (Å²) in [6.45, 7) is 0.534. The van der Waals surface area contributed by atoms with Gasteiger partial charge in [-0.25, -0.2) is 4.79 Å². The van der Waals surface area contributed by atoms with E-state index in [1.807, 2.05) is 0 Å². The molecule has 0 radical (unpaired) electrons. The molecular weight excluding hydrogens is 436 g/mol. The molecule has 9 heteroatoms. The number of rotatable bonds is 4. The monoisotopic (exact) mass is 458 g/mol. The number of piperidine rings is 1. The van der Waals surface area contributed by atoms with Crippen molar-refractivity contribution >= 4 is 29.4 Å². The third-order valence-corrected chi connectivity index (χ3v) is 6.22. The zero-order chi connectivity index (χ0) is 22.9. The van der Waals surface area contributed by atoms with Gasteiger partial charge in [0, 0.05) is 42.1 Å². The number of aliphatic carboxylic acids is 1. The van der Waals surface area contributed by atoms with Crippen LogP contribution in [0.1, 0.15) is 33.6 Å². The Kier molecular flexibility index (Phi) is 6.08. The van der Waals surface area contributed by atoms with E-state index in [0.717, 1.165) is 0 Å². The molecule has 2 heterocycles. The fourth-order valence-corrected chi connectivity index (χ4v) is 4.50. The van der Waals surface area contributed by atoms with Crippen LogP contribution in [0.4, 0.5) is 0 Å². The number of hydrogen-bond acceptors (Lipinski definition) is 5. The average molecular weight is 459 g/mol. The first-order chi connectivity index (χ1) is 15.3. The van der Waals surface area contributed by atoms with E-state index in [4.69, 9.17) is 21.1 Å². The van der Waals surface area contributed by atoms with Gasteiger partial charge in [-0.1, -0.05) is 23.7 Å². The van der Waals surface area contributed by atoms with Crippen molar-refractivity contribution in [3.8, 4) is 5.75 Å². The zero-order valence-electron chi connectivity index (χ0n) is 17.5. The predicted molar refractivity (Wildman–Crippen MR) is 116 cm³/mol. The van der Waals surface area contributed by atoms with Crippen LogP contribution in [0.15, 0.2) is 48.5 Å². The van der Waals surface area contributed by atoms with Gasteiger partial charge in [0.05, 0.1) is 13.7 Å². The molecule has 2 aromatic carbocycles. The zero-order valence-corrected chi connectivity index (χ0v) is 18.2. The van der Waals surface area contributed by atoms with Crippen LogP contribution in [-0.2, 0) is 9.53 Å². The number of carbonyl (C=O) groups excluding carboxylic acids is 2. The quantitative estimate of drug-likeness (QED) is 0.756. The minimum absolute atomic E-state index is 0.104. The Balaban J connectivity index is 1.57. The summed E-state index contributed by atoms with van der Waals surface area (Å²) in [5.41, 5.74) is -0.291. The molecule has 1 spiro atoms. The van der Waals surface area contributed by atoms with Crippen LogP contribution < -0.4 is 4.74 Å². The largest absolute Gasteiger partial charge is 0.497 e. The number of ether oxygens (including phenoxy) is 2. The van der Waals surface area contributed by atoms with Crippen LogP contribution in [-0.4, -0.2) is 71.3 Å². The Morgan fingerprint density at radius 2 is 1.72 bits per heavy atom. The number of hydrogen-bond donors (Lipinski definition) is 1. The molecule has 8 nitrogen and oxygen atoms in total. The fourth-order valence-electron chi connectivity index (χ4n) is 4.31. The summed E-state index contributed by atoms with van der Waals surface area (Å²) < 4.78 is 11.2. The van der Waals surface area contributed by atoms with Crippen LogP contribution in [0.25, 0.3) is 0 Å². The van der Waals surface area contributed by atoms with Crippen molar-refractivity contribution in [3.05, 3.63) is 64.7 Å². The number of methoxy groups -OCH3 is 1. The Morgan fingerprint density at radius 1 is 1.06 bits per heavy atom. The van der Waals surface area contributed by atoms with Crippen LogP contribution in [0.2, 0.25) is 5.02 Å². The van der Waals surface area contributed by atoms with Crippen LogP contribution >= 0.6 is 11.6 Å². The summed E-state index contributed by atoms with van der Waals surface area (Å²) in [7, 11) is 1.50. The molecule has 2 saturated heterocycles. The molecule has 2 amide bonds. The molecule has 0 aliphatic carbocycles. The maximum absolute atomic E-state index is 13.4. The van der Waals surface area contributed by atoms with Gasteiger partial charge in [0.1, 0.15) is 11.5 Å². The summed E-state index contributed by atoms with van der Waals surface area (Å²) in [4.78, 5) is 41.2. The number of carbonyl (C=O) groups is 3. The van der Waals surface area contributed by atoms with Gasteiger partial charge >= 0.3 is 5.97 Å². The lowest BCUT2D eigenvalue weighted by atomic mass is 9.96. The lowest BCUT2D eigenvalue weighted by molar-refractivity contribution is -0.143. The molecule has 0 saturated carbocycles. The molecule has 0 aromatic heterocycles. The van der Waals surface area contributed by atoms with Gasteiger partial charge in [0.25, 0.3) is 11.8 Å². The highest BCUT2D eigenvalue weighted by atomic mass is 35.5. The summed E-state index contributed by atoms with van der Waals surface area (Å²) in [6.07, 6.45) is 0.609. The summed E-state index contributed by atoms with van der Waals surface area (Å²) >= 11 is 6.01. The minimum atomic E-state index is -1.13. The Bertz CT molecular complexity index is 1050. The van der Waals surface area contributed by atoms with Gasteiger partial charge < -0.3 is 19.5 Å². The van der Waals surface area contributed by atoms with Gasteiger partial charge in [0.2, 0.25) is 0 Å². The molecular formula is C23H23ClN2O6. The number of benzene rings is 2. The smallest absolute Gasteiger partial charge is 0.328 e. The Labute approximate surface area is 190 Å². The van der Waals surface area contributed by atoms with Crippen molar-refractivity contribution in [1.82, 2.24) is 9.80 Å². The van der Waals surface area contributed by atoms with E-state index in [0.29, 0.717) is 47.8 Å². The van der Waals surface area contributed by atoms with Crippen molar-refractivity contribution in [2.24, 2.45) is 0 Å². The second kappa shape index (κ2) is 8.80. The van der Waals surface area contributed by atoms with Crippen molar-refractivity contribution in [2.75, 3.05) is 26.8 Å². The summed E-state index contributed by atoms with van der Waals surface area (Å²) in [6, 6.07) is 12.2. The normalized spacial score (nSPS) is 19.8. The van der Waals surface area contributed by atoms with Gasteiger partial charge in [-0.15, -0.1) is 0 Å². The highest BCUT2D eigenvalue weighted by Crippen LogP contribution is 2.39. The summed E-state index contributed by atoms with van der Waals surface area (Å²) in [5.74, 6) is -1.24. The number of halogens is 1. The van der Waals surface area contributed by atoms with Gasteiger partial charge in [0.15, 0.2) is 6.04 Å². The Morgan fingerprint density at radius 3 is 2.34 bits per heavy atom. The third kappa shape index (κ3) is 4.03. The molecule has 168 valence electrons. The maximum atomic E-state index is 13.4. The highest BCUT2D eigenvalue weighted by Gasteiger charge is 2.54. The predicted octanol–water partition coefficient (Wildman–Crippen LogP) is 2.91. The molecule has 2 aromatic rings. The first kappa shape index (κ1) is 22.1. The third-order valence-electron chi connectivity index (χ3n) is 5.98. The molecule has 2 aliphatic heterocycles. The molecule has 1 atom stereocenters. The van der Waals surface area contributed by atoms with Crippen molar-refractivity contribution in [1.29, 1.82) is 0 Å². The lowest BCUT2D eigenvalue weighted by Crippen LogP contribution is -2.58. The van der Waals surface area contributed by atoms with Crippen LogP contribution in [0.3, 0.4) is 0 Å². The number of amides is 2. The number of nitrogens with zero attached hydrogens (tertiary/aromatic N) is 2. The molecule has 1 N–H and O–H groups in total. The highest BCUT2D eigenvalue weighted by molar-refractivity contribution is 6.30. The van der Waals surface area contributed by atoms with Crippen molar-refractivity contribution in [3.63, 3.8) is 0 Å². The molecule has 0 bridgehead atoms. The van der Waals surface area contributed by atoms with E-state index in [1.54, 1.807) is 53.4 Å². The molecule has 32 heavy (non-hydrogen) atoms. The fraction of sp³-hybridized carbons (Fsp3) is 0.348. The van der Waals surface area contributed by atoms with E-state index in [1.165, 1.54) is 12.0 Å². The SMILES string of the molecule is COc1cccc(C(=O)N2C(C(=O)O)COC23CCN(C(=O)c2cccc(Cl)c2)CC3)c1. The lowest BCUT2D eigenvalue weighted by Gasteiger charge is -2.44. The average Bonchev–Trinajstić information content (AvgIpc) is 3.17. The molecule has 1 unspecified atom stereocenters. The van der Waals surface area contributed by atoms with E-state index in [-0.39, 0.29) is 12.5 Å². The van der Waals surface area contributed by atoms with Crippen LogP contribution in [0, 0.1) is 0 Å². The van der Waals surface area contributed by atoms with E-state index >= 15 is 0 Å². The Hall–Kier alpha value is -3.10. The molecule has 4 rings (SSSR count). The van der Waals surface area contributed by atoms with E-state index in [2.05, 4.69) is 0 Å². The van der Waals surface area contributed by atoms with Crippen LogP contribution in [0.5, 0.6) is 5.75 Å². The topological polar surface area (TPSA) is 96.4 Å².